The van der Waals surface area contributed by atoms with E-state index in [0.717, 1.165) is 51.3 Å². The Morgan fingerprint density at radius 2 is 1.69 bits per heavy atom. The molecule has 184 valence electrons. The van der Waals surface area contributed by atoms with Crippen LogP contribution in [0.15, 0.2) is 60.7 Å². The summed E-state index contributed by atoms with van der Waals surface area (Å²) in [6, 6.07) is 17.9. The maximum absolute atomic E-state index is 13.4. The summed E-state index contributed by atoms with van der Waals surface area (Å²) in [4.78, 5) is 30.5. The van der Waals surface area contributed by atoms with Gasteiger partial charge in [0.05, 0.1) is 9.88 Å². The van der Waals surface area contributed by atoms with Crippen LogP contribution in [0.5, 0.6) is 0 Å². The van der Waals surface area contributed by atoms with Gasteiger partial charge in [-0.3, -0.25) is 14.5 Å². The molecule has 3 aromatic rings. The first kappa shape index (κ1) is 25.0. The normalized spacial score (nSPS) is 14.6. The van der Waals surface area contributed by atoms with Gasteiger partial charge in [0.1, 0.15) is 5.82 Å². The number of nitrogens with one attached hydrogen (secondary N) is 2. The van der Waals surface area contributed by atoms with Crippen molar-refractivity contribution in [3.63, 3.8) is 0 Å². The minimum atomic E-state index is -0.464. The van der Waals surface area contributed by atoms with Gasteiger partial charge >= 0.3 is 0 Å². The van der Waals surface area contributed by atoms with Gasteiger partial charge in [-0.25, -0.2) is 4.39 Å². The van der Waals surface area contributed by atoms with Crippen LogP contribution in [0, 0.1) is 12.7 Å². The molecular formula is C27H31FN4O2S. The number of carbonyl (C=O) groups excluding carboxylic acids is 2. The van der Waals surface area contributed by atoms with Gasteiger partial charge in [-0.15, -0.1) is 11.3 Å². The van der Waals surface area contributed by atoms with Gasteiger partial charge in [0.25, 0.3) is 11.8 Å². The summed E-state index contributed by atoms with van der Waals surface area (Å²) in [6.07, 6.45) is 0.887. The van der Waals surface area contributed by atoms with Crippen molar-refractivity contribution in [2.24, 2.45) is 0 Å². The van der Waals surface area contributed by atoms with Crippen LogP contribution in [0.2, 0.25) is 0 Å². The highest BCUT2D eigenvalue weighted by Gasteiger charge is 2.18. The summed E-state index contributed by atoms with van der Waals surface area (Å²) in [7, 11) is 0. The third kappa shape index (κ3) is 7.21. The van der Waals surface area contributed by atoms with Gasteiger partial charge in [-0.05, 0) is 55.3 Å². The van der Waals surface area contributed by atoms with E-state index in [2.05, 4.69) is 44.7 Å². The van der Waals surface area contributed by atoms with Crippen LogP contribution in [-0.2, 0) is 6.54 Å². The molecule has 0 spiro atoms. The fourth-order valence-electron chi connectivity index (χ4n) is 4.18. The van der Waals surface area contributed by atoms with Crippen LogP contribution in [0.1, 0.15) is 37.6 Å². The van der Waals surface area contributed by atoms with Gasteiger partial charge < -0.3 is 15.5 Å². The van der Waals surface area contributed by atoms with Crippen LogP contribution in [0.25, 0.3) is 0 Å². The number of aryl methyl sites for hydroxylation is 1. The van der Waals surface area contributed by atoms with E-state index in [1.54, 1.807) is 12.1 Å². The molecule has 35 heavy (non-hydrogen) atoms. The number of hydrogen-bond donors (Lipinski definition) is 2. The highest BCUT2D eigenvalue weighted by molar-refractivity contribution is 7.18. The summed E-state index contributed by atoms with van der Waals surface area (Å²) in [5.41, 5.74) is 2.39. The third-order valence-electron chi connectivity index (χ3n) is 6.10. The molecule has 1 aromatic heterocycles. The molecule has 1 aliphatic heterocycles. The van der Waals surface area contributed by atoms with Crippen molar-refractivity contribution in [3.05, 3.63) is 88.0 Å². The molecule has 1 aliphatic rings. The van der Waals surface area contributed by atoms with Crippen molar-refractivity contribution in [2.45, 2.75) is 19.9 Å². The molecule has 0 aliphatic carbocycles. The lowest BCUT2D eigenvalue weighted by Crippen LogP contribution is -2.46. The largest absolute Gasteiger partial charge is 0.351 e. The summed E-state index contributed by atoms with van der Waals surface area (Å²) < 4.78 is 13.4. The van der Waals surface area contributed by atoms with Crippen LogP contribution < -0.4 is 10.6 Å². The molecule has 0 saturated carbocycles. The van der Waals surface area contributed by atoms with Crippen molar-refractivity contribution < 1.29 is 14.0 Å². The molecule has 2 N–H and O–H groups in total. The van der Waals surface area contributed by atoms with Crippen LogP contribution in [0.4, 0.5) is 9.39 Å². The Bertz CT molecular complexity index is 1140. The molecule has 8 heteroatoms. The van der Waals surface area contributed by atoms with E-state index in [-0.39, 0.29) is 11.5 Å². The third-order valence-corrected chi connectivity index (χ3v) is 7.25. The molecule has 0 radical (unpaired) electrons. The Kier molecular flexibility index (Phi) is 8.63. The number of hydrogen-bond acceptors (Lipinski definition) is 5. The van der Waals surface area contributed by atoms with Crippen molar-refractivity contribution in [2.75, 3.05) is 44.6 Å². The molecule has 1 fully saturated rings. The first-order valence-electron chi connectivity index (χ1n) is 11.9. The van der Waals surface area contributed by atoms with Gasteiger partial charge in [0, 0.05) is 44.8 Å². The monoisotopic (exact) mass is 494 g/mol. The highest BCUT2D eigenvalue weighted by Crippen LogP contribution is 2.27. The lowest BCUT2D eigenvalue weighted by atomic mass is 10.2. The van der Waals surface area contributed by atoms with E-state index < -0.39 is 11.7 Å². The lowest BCUT2D eigenvalue weighted by Gasteiger charge is -2.34. The van der Waals surface area contributed by atoms with E-state index in [0.29, 0.717) is 16.4 Å². The number of piperazine rings is 1. The molecule has 4 rings (SSSR count). The Labute approximate surface area is 209 Å². The second-order valence-electron chi connectivity index (χ2n) is 8.80. The molecular weight excluding hydrogens is 463 g/mol. The smallest absolute Gasteiger partial charge is 0.261 e. The second kappa shape index (κ2) is 12.1. The average molecular weight is 495 g/mol. The molecule has 1 saturated heterocycles. The number of nitrogens with zero attached hydrogens (tertiary/aromatic N) is 2. The number of amides is 2. The van der Waals surface area contributed by atoms with Crippen molar-refractivity contribution in [3.8, 4) is 0 Å². The van der Waals surface area contributed by atoms with Crippen LogP contribution >= 0.6 is 11.3 Å². The fraction of sp³-hybridized carbons (Fsp3) is 0.333. The zero-order valence-corrected chi connectivity index (χ0v) is 20.7. The molecule has 2 heterocycles. The van der Waals surface area contributed by atoms with Crippen molar-refractivity contribution in [1.29, 1.82) is 0 Å². The fourth-order valence-corrected chi connectivity index (χ4v) is 5.16. The number of anilines is 1. The van der Waals surface area contributed by atoms with E-state index in [9.17, 15) is 14.0 Å². The van der Waals surface area contributed by atoms with E-state index >= 15 is 0 Å². The van der Waals surface area contributed by atoms with Gasteiger partial charge in [0.2, 0.25) is 0 Å². The highest BCUT2D eigenvalue weighted by atomic mass is 32.1. The van der Waals surface area contributed by atoms with Crippen molar-refractivity contribution >= 4 is 28.2 Å². The summed E-state index contributed by atoms with van der Waals surface area (Å²) in [5, 5.41) is 6.32. The average Bonchev–Trinajstić information content (AvgIpc) is 3.23. The molecule has 0 atom stereocenters. The number of rotatable bonds is 9. The summed E-state index contributed by atoms with van der Waals surface area (Å²) >= 11 is 1.23. The van der Waals surface area contributed by atoms with E-state index in [1.165, 1.54) is 35.1 Å². The minimum Gasteiger partial charge on any atom is -0.351 e. The number of carbonyl (C=O) groups is 2. The molecule has 0 unspecified atom stereocenters. The zero-order valence-electron chi connectivity index (χ0n) is 19.9. The Morgan fingerprint density at radius 3 is 2.43 bits per heavy atom. The first-order valence-corrected chi connectivity index (χ1v) is 12.7. The first-order chi connectivity index (χ1) is 17.0. The van der Waals surface area contributed by atoms with Crippen molar-refractivity contribution in [1.82, 2.24) is 15.1 Å². The molecule has 2 amide bonds. The maximum atomic E-state index is 13.4. The van der Waals surface area contributed by atoms with Gasteiger partial charge in [0.15, 0.2) is 0 Å². The lowest BCUT2D eigenvalue weighted by molar-refractivity contribution is 0.0949. The minimum absolute atomic E-state index is 0.133. The number of halogens is 1. The molecule has 6 nitrogen and oxygen atoms in total. The SMILES string of the molecule is Cc1cc(NC(=O)c2cccc(F)c2)sc1C(=O)NCCCN1CCN(Cc2ccccc2)CC1. The Balaban J connectivity index is 1.17. The standard InChI is InChI=1S/C27H31FN4O2S/c1-20-17-24(30-26(33)22-9-5-10-23(28)18-22)35-25(20)27(34)29-11-6-12-31-13-15-32(16-14-31)19-21-7-3-2-4-8-21/h2-5,7-10,17-18H,6,11-16,19H2,1H3,(H,29,34)(H,30,33). The summed E-state index contributed by atoms with van der Waals surface area (Å²) in [6.45, 7) is 8.59. The quantitative estimate of drug-likeness (QED) is 0.433. The molecule has 2 aromatic carbocycles. The second-order valence-corrected chi connectivity index (χ2v) is 9.85. The predicted octanol–water partition coefficient (Wildman–Crippen LogP) is 4.39. The molecule has 0 bridgehead atoms. The number of thiophene rings is 1. The van der Waals surface area contributed by atoms with Gasteiger partial charge in [-0.1, -0.05) is 36.4 Å². The zero-order chi connectivity index (χ0) is 24.6. The summed E-state index contributed by atoms with van der Waals surface area (Å²) in [5.74, 6) is -0.998. The maximum Gasteiger partial charge on any atom is 0.261 e. The van der Waals surface area contributed by atoms with Gasteiger partial charge in [-0.2, -0.15) is 0 Å². The Morgan fingerprint density at radius 1 is 0.943 bits per heavy atom. The topological polar surface area (TPSA) is 64.7 Å². The van der Waals surface area contributed by atoms with E-state index in [4.69, 9.17) is 0 Å². The predicted molar refractivity (Wildman–Crippen MR) is 139 cm³/mol. The van der Waals surface area contributed by atoms with E-state index in [1.807, 2.05) is 13.0 Å². The number of benzene rings is 2. The van der Waals surface area contributed by atoms with Crippen LogP contribution in [0.3, 0.4) is 0 Å². The Hall–Kier alpha value is -3.07. The van der Waals surface area contributed by atoms with Crippen LogP contribution in [-0.4, -0.2) is 60.9 Å².